The van der Waals surface area contributed by atoms with Crippen molar-refractivity contribution in [3.8, 4) is 6.07 Å². The molecule has 0 fully saturated rings. The predicted molar refractivity (Wildman–Crippen MR) is 58.9 cm³/mol. The van der Waals surface area contributed by atoms with Gasteiger partial charge in [0.1, 0.15) is 6.07 Å². The Kier molecular flexibility index (Phi) is 4.29. The number of nitrogens with zero attached hydrogens (tertiary/aromatic N) is 1. The Hall–Kier alpha value is -1.81. The van der Waals surface area contributed by atoms with Crippen LogP contribution in [-0.4, -0.2) is 19.5 Å². The van der Waals surface area contributed by atoms with Crippen LogP contribution in [0, 0.1) is 23.0 Å². The third kappa shape index (κ3) is 2.65. The second kappa shape index (κ2) is 5.50. The number of methoxy groups -OCH3 is 1. The summed E-state index contributed by atoms with van der Waals surface area (Å²) in [5.74, 6) is -2.25. The Balaban J connectivity index is 3.39. The first kappa shape index (κ1) is 13.3. The molecule has 0 atom stereocenters. The van der Waals surface area contributed by atoms with Gasteiger partial charge in [-0.05, 0) is 12.3 Å². The van der Waals surface area contributed by atoms with Crippen LogP contribution in [0.4, 0.5) is 19.3 Å². The van der Waals surface area contributed by atoms with Crippen LogP contribution in [-0.2, 0) is 4.74 Å². The smallest absolute Gasteiger partial charge is 0.411 e. The molecular formula is C10H8F2N2O2S. The highest BCUT2D eigenvalue weighted by Crippen LogP contribution is 2.33. The quantitative estimate of drug-likeness (QED) is 0.828. The fourth-order valence-corrected chi connectivity index (χ4v) is 1.80. The van der Waals surface area contributed by atoms with Crippen molar-refractivity contribution in [3.05, 3.63) is 23.3 Å². The van der Waals surface area contributed by atoms with Gasteiger partial charge >= 0.3 is 6.09 Å². The zero-order chi connectivity index (χ0) is 13.0. The number of halogens is 2. The molecule has 4 nitrogen and oxygen atoms in total. The highest BCUT2D eigenvalue weighted by molar-refractivity contribution is 7.98. The van der Waals surface area contributed by atoms with Crippen molar-refractivity contribution in [1.29, 1.82) is 5.26 Å². The van der Waals surface area contributed by atoms with E-state index in [1.54, 1.807) is 6.07 Å². The van der Waals surface area contributed by atoms with E-state index in [9.17, 15) is 13.6 Å². The normalized spacial score (nSPS) is 9.59. The van der Waals surface area contributed by atoms with Gasteiger partial charge in [-0.15, -0.1) is 11.8 Å². The van der Waals surface area contributed by atoms with E-state index in [0.29, 0.717) is 0 Å². The number of amides is 1. The number of anilines is 1. The number of carbonyl (C=O) groups is 1. The molecule has 1 aromatic carbocycles. The van der Waals surface area contributed by atoms with Crippen molar-refractivity contribution in [2.24, 2.45) is 0 Å². The lowest BCUT2D eigenvalue weighted by Crippen LogP contribution is -2.14. The Labute approximate surface area is 101 Å². The Morgan fingerprint density at radius 2 is 2.24 bits per heavy atom. The van der Waals surface area contributed by atoms with E-state index in [1.165, 1.54) is 6.26 Å². The van der Waals surface area contributed by atoms with Crippen LogP contribution in [0.25, 0.3) is 0 Å². The van der Waals surface area contributed by atoms with Gasteiger partial charge in [-0.25, -0.2) is 13.6 Å². The molecule has 0 aliphatic rings. The molecule has 0 heterocycles. The summed E-state index contributed by atoms with van der Waals surface area (Å²) >= 11 is 0.882. The van der Waals surface area contributed by atoms with E-state index in [2.05, 4.69) is 10.1 Å². The summed E-state index contributed by atoms with van der Waals surface area (Å²) in [6.45, 7) is 0. The minimum atomic E-state index is -1.14. The third-order valence-corrected chi connectivity index (χ3v) is 2.71. The van der Waals surface area contributed by atoms with Crippen LogP contribution < -0.4 is 5.32 Å². The van der Waals surface area contributed by atoms with E-state index in [1.807, 2.05) is 0 Å². The minimum Gasteiger partial charge on any atom is -0.453 e. The first-order valence-electron chi connectivity index (χ1n) is 4.36. The zero-order valence-corrected chi connectivity index (χ0v) is 9.82. The SMILES string of the molecule is COC(=O)Nc1c(C#N)cc(F)c(F)c1SC. The van der Waals surface area contributed by atoms with E-state index < -0.39 is 17.7 Å². The molecule has 0 radical (unpaired) electrons. The Bertz CT molecular complexity index is 500. The number of rotatable bonds is 2. The molecule has 0 aliphatic heterocycles. The number of benzene rings is 1. The summed E-state index contributed by atoms with van der Waals surface area (Å²) in [7, 11) is 1.13. The first-order chi connectivity index (χ1) is 8.04. The van der Waals surface area contributed by atoms with Crippen molar-refractivity contribution < 1.29 is 18.3 Å². The first-order valence-corrected chi connectivity index (χ1v) is 5.58. The molecule has 0 unspecified atom stereocenters. The molecule has 1 rings (SSSR count). The molecule has 0 aliphatic carbocycles. The number of nitrogens with one attached hydrogen (secondary N) is 1. The van der Waals surface area contributed by atoms with Gasteiger partial charge in [0, 0.05) is 0 Å². The lowest BCUT2D eigenvalue weighted by molar-refractivity contribution is 0.187. The van der Waals surface area contributed by atoms with Crippen molar-refractivity contribution in [1.82, 2.24) is 0 Å². The third-order valence-electron chi connectivity index (χ3n) is 1.91. The lowest BCUT2D eigenvalue weighted by atomic mass is 10.2. The van der Waals surface area contributed by atoms with Gasteiger partial charge in [0.05, 0.1) is 23.3 Å². The summed E-state index contributed by atoms with van der Waals surface area (Å²) in [6.07, 6.45) is 0.643. The van der Waals surface area contributed by atoms with Gasteiger partial charge in [-0.3, -0.25) is 5.32 Å². The Morgan fingerprint density at radius 1 is 1.59 bits per heavy atom. The number of hydrogen-bond donors (Lipinski definition) is 1. The monoisotopic (exact) mass is 258 g/mol. The summed E-state index contributed by atoms with van der Waals surface area (Å²) < 4.78 is 30.9. The Morgan fingerprint density at radius 3 is 2.71 bits per heavy atom. The molecule has 17 heavy (non-hydrogen) atoms. The zero-order valence-electron chi connectivity index (χ0n) is 9.01. The van der Waals surface area contributed by atoms with Crippen molar-refractivity contribution >= 4 is 23.5 Å². The number of hydrogen-bond acceptors (Lipinski definition) is 4. The largest absolute Gasteiger partial charge is 0.453 e. The molecule has 1 N–H and O–H groups in total. The number of thioether (sulfide) groups is 1. The van der Waals surface area contributed by atoms with Crippen LogP contribution >= 0.6 is 11.8 Å². The maximum atomic E-state index is 13.4. The lowest BCUT2D eigenvalue weighted by Gasteiger charge is -2.11. The van der Waals surface area contributed by atoms with E-state index >= 15 is 0 Å². The fraction of sp³-hybridized carbons (Fsp3) is 0.200. The summed E-state index contributed by atoms with van der Waals surface area (Å²) in [5.41, 5.74) is -0.260. The maximum Gasteiger partial charge on any atom is 0.411 e. The molecule has 1 amide bonds. The van der Waals surface area contributed by atoms with Crippen LogP contribution in [0.1, 0.15) is 5.56 Å². The van der Waals surface area contributed by atoms with E-state index in [4.69, 9.17) is 5.26 Å². The average Bonchev–Trinajstić information content (AvgIpc) is 2.33. The van der Waals surface area contributed by atoms with Crippen LogP contribution in [0.5, 0.6) is 0 Å². The van der Waals surface area contributed by atoms with Crippen molar-refractivity contribution in [3.63, 3.8) is 0 Å². The molecule has 0 aromatic heterocycles. The van der Waals surface area contributed by atoms with E-state index in [-0.39, 0.29) is 16.1 Å². The van der Waals surface area contributed by atoms with Crippen LogP contribution in [0.2, 0.25) is 0 Å². The number of ether oxygens (including phenoxy) is 1. The van der Waals surface area contributed by atoms with Gasteiger partial charge in [-0.1, -0.05) is 0 Å². The molecular weight excluding hydrogens is 250 g/mol. The fourth-order valence-electron chi connectivity index (χ4n) is 1.16. The highest BCUT2D eigenvalue weighted by Gasteiger charge is 2.19. The average molecular weight is 258 g/mol. The number of carbonyl (C=O) groups excluding carboxylic acids is 1. The number of nitriles is 1. The van der Waals surface area contributed by atoms with Crippen LogP contribution in [0.15, 0.2) is 11.0 Å². The standard InChI is InChI=1S/C10H8F2N2O2S/c1-16-10(15)14-8-5(4-13)3-6(11)7(12)9(8)17-2/h3H,1-2H3,(H,14,15). The van der Waals surface area contributed by atoms with Gasteiger partial charge in [0.15, 0.2) is 11.6 Å². The predicted octanol–water partition coefficient (Wildman–Crippen LogP) is 2.74. The summed E-state index contributed by atoms with van der Waals surface area (Å²) in [5, 5.41) is 11.0. The van der Waals surface area contributed by atoms with Gasteiger partial charge in [0.2, 0.25) is 0 Å². The molecule has 0 spiro atoms. The van der Waals surface area contributed by atoms with Gasteiger partial charge in [0.25, 0.3) is 0 Å². The molecule has 1 aromatic rings. The second-order valence-corrected chi connectivity index (χ2v) is 3.67. The van der Waals surface area contributed by atoms with Gasteiger partial charge in [-0.2, -0.15) is 5.26 Å². The van der Waals surface area contributed by atoms with E-state index in [0.717, 1.165) is 24.9 Å². The molecule has 7 heteroatoms. The maximum absolute atomic E-state index is 13.4. The van der Waals surface area contributed by atoms with Crippen molar-refractivity contribution in [2.75, 3.05) is 18.7 Å². The second-order valence-electron chi connectivity index (χ2n) is 2.86. The van der Waals surface area contributed by atoms with Crippen molar-refractivity contribution in [2.45, 2.75) is 4.90 Å². The van der Waals surface area contributed by atoms with Crippen LogP contribution in [0.3, 0.4) is 0 Å². The molecule has 0 saturated carbocycles. The summed E-state index contributed by atoms with van der Waals surface area (Å²) in [6, 6.07) is 2.40. The topological polar surface area (TPSA) is 62.1 Å². The van der Waals surface area contributed by atoms with Gasteiger partial charge < -0.3 is 4.74 Å². The minimum absolute atomic E-state index is 0.0919. The summed E-state index contributed by atoms with van der Waals surface area (Å²) in [4.78, 5) is 10.9. The highest BCUT2D eigenvalue weighted by atomic mass is 32.2. The molecule has 0 bridgehead atoms. The molecule has 90 valence electrons. The molecule has 0 saturated heterocycles.